The number of aromatic nitrogens is 1. The number of alkyl carbamates (subject to hydrolysis) is 1. The van der Waals surface area contributed by atoms with Gasteiger partial charge in [-0.15, -0.1) is 0 Å². The van der Waals surface area contributed by atoms with Gasteiger partial charge < -0.3 is 15.4 Å². The quantitative estimate of drug-likeness (QED) is 0.777. The molecule has 25 heavy (non-hydrogen) atoms. The van der Waals surface area contributed by atoms with Gasteiger partial charge in [-0.2, -0.15) is 0 Å². The predicted octanol–water partition coefficient (Wildman–Crippen LogP) is 2.90. The molecule has 1 aliphatic rings. The van der Waals surface area contributed by atoms with Crippen LogP contribution in [0.25, 0.3) is 6.08 Å². The van der Waals surface area contributed by atoms with Crippen molar-refractivity contribution in [2.24, 2.45) is 5.92 Å². The highest BCUT2D eigenvalue weighted by atomic mass is 16.6. The van der Waals surface area contributed by atoms with E-state index in [0.29, 0.717) is 12.5 Å². The average molecular weight is 345 g/mol. The number of carbonyl (C=O) groups excluding carboxylic acids is 2. The molecule has 0 spiro atoms. The Balaban J connectivity index is 1.91. The number of hydrogen-bond donors (Lipinski definition) is 2. The van der Waals surface area contributed by atoms with Crippen LogP contribution in [0.4, 0.5) is 4.79 Å². The molecule has 0 aromatic carbocycles. The van der Waals surface area contributed by atoms with Crippen LogP contribution in [-0.2, 0) is 9.53 Å². The van der Waals surface area contributed by atoms with Crippen LogP contribution >= 0.6 is 0 Å². The summed E-state index contributed by atoms with van der Waals surface area (Å²) in [6.07, 6.45) is 6.42. The van der Waals surface area contributed by atoms with Gasteiger partial charge in [0.25, 0.3) is 0 Å². The molecule has 2 rings (SSSR count). The van der Waals surface area contributed by atoms with Crippen LogP contribution in [0.1, 0.15) is 46.2 Å². The second-order valence-corrected chi connectivity index (χ2v) is 7.62. The number of nitrogens with one attached hydrogen (secondary N) is 2. The van der Waals surface area contributed by atoms with E-state index in [2.05, 4.69) is 15.6 Å². The second-order valence-electron chi connectivity index (χ2n) is 7.62. The van der Waals surface area contributed by atoms with E-state index in [9.17, 15) is 9.59 Å². The molecule has 1 saturated carbocycles. The van der Waals surface area contributed by atoms with E-state index in [1.807, 2.05) is 45.9 Å². The summed E-state index contributed by atoms with van der Waals surface area (Å²) in [4.78, 5) is 28.3. The molecule has 6 heteroatoms. The van der Waals surface area contributed by atoms with Crippen LogP contribution in [0.3, 0.4) is 0 Å². The van der Waals surface area contributed by atoms with E-state index in [-0.39, 0.29) is 5.91 Å². The maximum atomic E-state index is 12.3. The van der Waals surface area contributed by atoms with E-state index in [1.165, 1.54) is 6.08 Å². The summed E-state index contributed by atoms with van der Waals surface area (Å²) >= 11 is 0. The van der Waals surface area contributed by atoms with Gasteiger partial charge in [0.1, 0.15) is 5.60 Å². The van der Waals surface area contributed by atoms with E-state index in [1.54, 1.807) is 12.3 Å². The minimum atomic E-state index is -0.547. The number of ether oxygens (including phenoxy) is 1. The molecule has 1 heterocycles. The fraction of sp³-hybridized carbons (Fsp3) is 0.526. The first kappa shape index (κ1) is 19.0. The minimum Gasteiger partial charge on any atom is -0.444 e. The lowest BCUT2D eigenvalue weighted by atomic mass is 9.95. The van der Waals surface area contributed by atoms with E-state index < -0.39 is 17.2 Å². The first-order chi connectivity index (χ1) is 11.7. The minimum absolute atomic E-state index is 0.203. The summed E-state index contributed by atoms with van der Waals surface area (Å²) in [5.41, 5.74) is -0.324. The monoisotopic (exact) mass is 345 g/mol. The standard InChI is InChI=1S/C19H27N3O3/c1-18(2,3)25-17(24)21-13-19(4,14-8-9-14)22-16(23)11-10-15-7-5-6-12-20-15/h5-7,10-12,14H,8-9,13H2,1-4H3,(H,21,24)(H,22,23)/b11-10+/t19-/m1/s1. The molecule has 1 aliphatic carbocycles. The van der Waals surface area contributed by atoms with Crippen LogP contribution in [0.15, 0.2) is 30.5 Å². The summed E-state index contributed by atoms with van der Waals surface area (Å²) in [6, 6.07) is 5.52. The molecule has 136 valence electrons. The molecule has 1 aromatic rings. The lowest BCUT2D eigenvalue weighted by molar-refractivity contribution is -0.118. The highest BCUT2D eigenvalue weighted by Crippen LogP contribution is 2.39. The highest BCUT2D eigenvalue weighted by Gasteiger charge is 2.42. The molecule has 0 aliphatic heterocycles. The molecule has 0 unspecified atom stereocenters. The smallest absolute Gasteiger partial charge is 0.407 e. The molecule has 1 aromatic heterocycles. The summed E-state index contributed by atoms with van der Waals surface area (Å²) in [5.74, 6) is 0.153. The fourth-order valence-corrected chi connectivity index (χ4v) is 2.54. The first-order valence-electron chi connectivity index (χ1n) is 8.56. The maximum absolute atomic E-state index is 12.3. The number of amides is 2. The van der Waals surface area contributed by atoms with Gasteiger partial charge in [0.15, 0.2) is 0 Å². The van der Waals surface area contributed by atoms with Gasteiger partial charge in [-0.3, -0.25) is 9.78 Å². The van der Waals surface area contributed by atoms with Gasteiger partial charge in [-0.05, 0) is 64.7 Å². The van der Waals surface area contributed by atoms with Crippen molar-refractivity contribution in [2.75, 3.05) is 6.54 Å². The Morgan fingerprint density at radius 2 is 2.00 bits per heavy atom. The van der Waals surface area contributed by atoms with Crippen molar-refractivity contribution in [3.63, 3.8) is 0 Å². The van der Waals surface area contributed by atoms with Gasteiger partial charge in [0.2, 0.25) is 5.91 Å². The highest BCUT2D eigenvalue weighted by molar-refractivity contribution is 5.92. The molecule has 1 atom stereocenters. The fourth-order valence-electron chi connectivity index (χ4n) is 2.54. The van der Waals surface area contributed by atoms with Crippen LogP contribution in [0, 0.1) is 5.92 Å². The normalized spacial score (nSPS) is 17.0. The van der Waals surface area contributed by atoms with Crippen molar-refractivity contribution in [3.8, 4) is 0 Å². The Labute approximate surface area is 149 Å². The molecule has 0 radical (unpaired) electrons. The summed E-state index contributed by atoms with van der Waals surface area (Å²) in [6.45, 7) is 7.73. The van der Waals surface area contributed by atoms with Gasteiger partial charge >= 0.3 is 6.09 Å². The molecule has 2 amide bonds. The van der Waals surface area contributed by atoms with Crippen LogP contribution in [0.2, 0.25) is 0 Å². The zero-order valence-corrected chi connectivity index (χ0v) is 15.3. The van der Waals surface area contributed by atoms with Crippen molar-refractivity contribution < 1.29 is 14.3 Å². The van der Waals surface area contributed by atoms with Crippen molar-refractivity contribution in [2.45, 2.75) is 51.7 Å². The third-order valence-electron chi connectivity index (χ3n) is 3.98. The first-order valence-corrected chi connectivity index (χ1v) is 8.56. The Morgan fingerprint density at radius 1 is 1.28 bits per heavy atom. The Morgan fingerprint density at radius 3 is 2.56 bits per heavy atom. The third-order valence-corrected chi connectivity index (χ3v) is 3.98. The molecule has 2 N–H and O–H groups in total. The summed E-state index contributed by atoms with van der Waals surface area (Å²) < 4.78 is 5.26. The van der Waals surface area contributed by atoms with E-state index in [4.69, 9.17) is 4.74 Å². The molecular weight excluding hydrogens is 318 g/mol. The molecule has 0 bridgehead atoms. The lowest BCUT2D eigenvalue weighted by Crippen LogP contribution is -2.55. The summed E-state index contributed by atoms with van der Waals surface area (Å²) in [7, 11) is 0. The number of rotatable bonds is 6. The zero-order chi connectivity index (χ0) is 18.5. The van der Waals surface area contributed by atoms with Gasteiger partial charge in [0, 0.05) is 18.8 Å². The van der Waals surface area contributed by atoms with Crippen molar-refractivity contribution in [1.82, 2.24) is 15.6 Å². The van der Waals surface area contributed by atoms with E-state index >= 15 is 0 Å². The third kappa shape index (κ3) is 6.57. The van der Waals surface area contributed by atoms with Crippen molar-refractivity contribution >= 4 is 18.1 Å². The SMILES string of the molecule is CC(C)(C)OC(=O)NC[C@@](C)(NC(=O)/C=C/c1ccccn1)C1CC1. The molecule has 1 fully saturated rings. The lowest BCUT2D eigenvalue weighted by Gasteiger charge is -2.31. The molecule has 0 saturated heterocycles. The van der Waals surface area contributed by atoms with E-state index in [0.717, 1.165) is 18.5 Å². The second kappa shape index (κ2) is 7.68. The molecule has 6 nitrogen and oxygen atoms in total. The summed E-state index contributed by atoms with van der Waals surface area (Å²) in [5, 5.41) is 5.79. The number of pyridine rings is 1. The topological polar surface area (TPSA) is 80.3 Å². The van der Waals surface area contributed by atoms with Crippen LogP contribution in [-0.4, -0.2) is 34.7 Å². The number of nitrogens with zero attached hydrogens (tertiary/aromatic N) is 1. The largest absolute Gasteiger partial charge is 0.444 e. The van der Waals surface area contributed by atoms with Crippen LogP contribution in [0.5, 0.6) is 0 Å². The Bertz CT molecular complexity index is 633. The van der Waals surface area contributed by atoms with Gasteiger partial charge in [0.05, 0.1) is 11.2 Å². The molecular formula is C19H27N3O3. The average Bonchev–Trinajstić information content (AvgIpc) is 3.36. The number of carbonyl (C=O) groups is 2. The Kier molecular flexibility index (Phi) is 5.82. The number of hydrogen-bond acceptors (Lipinski definition) is 4. The Hall–Kier alpha value is -2.37. The van der Waals surface area contributed by atoms with Gasteiger partial charge in [-0.25, -0.2) is 4.79 Å². The maximum Gasteiger partial charge on any atom is 0.407 e. The van der Waals surface area contributed by atoms with Crippen molar-refractivity contribution in [1.29, 1.82) is 0 Å². The van der Waals surface area contributed by atoms with Crippen molar-refractivity contribution in [3.05, 3.63) is 36.2 Å². The predicted molar refractivity (Wildman–Crippen MR) is 96.8 cm³/mol. The zero-order valence-electron chi connectivity index (χ0n) is 15.3. The van der Waals surface area contributed by atoms with Crippen LogP contribution < -0.4 is 10.6 Å². The van der Waals surface area contributed by atoms with Gasteiger partial charge in [-0.1, -0.05) is 6.07 Å².